The molecule has 1 amide bonds. The maximum atomic E-state index is 12.2. The van der Waals surface area contributed by atoms with E-state index in [9.17, 15) is 9.59 Å². The number of furan rings is 1. The van der Waals surface area contributed by atoms with E-state index in [0.717, 1.165) is 4.47 Å². The van der Waals surface area contributed by atoms with Gasteiger partial charge in [-0.3, -0.25) is 9.59 Å². The molecule has 0 aliphatic heterocycles. The van der Waals surface area contributed by atoms with Crippen LogP contribution < -0.4 is 4.74 Å². The van der Waals surface area contributed by atoms with Gasteiger partial charge in [-0.05, 0) is 36.4 Å². The summed E-state index contributed by atoms with van der Waals surface area (Å²) in [5.41, 5.74) is 0. The number of carboxylic acids is 1. The molecule has 1 N–H and O–H groups in total. The molecule has 128 valence electrons. The van der Waals surface area contributed by atoms with Crippen molar-refractivity contribution in [3.8, 4) is 5.75 Å². The number of carbonyl (C=O) groups is 2. The Kier molecular flexibility index (Phi) is 6.03. The van der Waals surface area contributed by atoms with Gasteiger partial charge >= 0.3 is 5.97 Å². The highest BCUT2D eigenvalue weighted by molar-refractivity contribution is 9.10. The van der Waals surface area contributed by atoms with Crippen LogP contribution in [0.5, 0.6) is 5.75 Å². The molecule has 1 heterocycles. The third kappa shape index (κ3) is 4.86. The van der Waals surface area contributed by atoms with E-state index in [0.29, 0.717) is 11.5 Å². The first-order chi connectivity index (χ1) is 11.4. The van der Waals surface area contributed by atoms with Crippen molar-refractivity contribution in [1.82, 2.24) is 4.90 Å². The Labute approximate surface area is 148 Å². The number of aliphatic carboxylic acids is 1. The van der Waals surface area contributed by atoms with E-state index in [4.69, 9.17) is 14.3 Å². The quantitative estimate of drug-likeness (QED) is 0.776. The summed E-state index contributed by atoms with van der Waals surface area (Å²) in [6.45, 7) is 1.86. The second-order valence-corrected chi connectivity index (χ2v) is 6.35. The fourth-order valence-electron chi connectivity index (χ4n) is 2.02. The maximum Gasteiger partial charge on any atom is 0.308 e. The number of rotatable bonds is 7. The number of benzene rings is 1. The Balaban J connectivity index is 1.93. The number of amides is 1. The Morgan fingerprint density at radius 2 is 1.92 bits per heavy atom. The van der Waals surface area contributed by atoms with E-state index in [-0.39, 0.29) is 24.8 Å². The summed E-state index contributed by atoms with van der Waals surface area (Å²) in [6, 6.07) is 10.6. The zero-order valence-corrected chi connectivity index (χ0v) is 14.9. The zero-order valence-electron chi connectivity index (χ0n) is 13.4. The van der Waals surface area contributed by atoms with Crippen molar-refractivity contribution in [3.63, 3.8) is 0 Å². The molecule has 0 saturated carbocycles. The van der Waals surface area contributed by atoms with Gasteiger partial charge in [-0.1, -0.05) is 22.9 Å². The van der Waals surface area contributed by atoms with Crippen molar-refractivity contribution in [2.45, 2.75) is 13.5 Å². The summed E-state index contributed by atoms with van der Waals surface area (Å²) >= 11 is 3.35. The van der Waals surface area contributed by atoms with Gasteiger partial charge in [0.1, 0.15) is 18.1 Å². The molecule has 0 aliphatic carbocycles. The Morgan fingerprint density at radius 1 is 1.25 bits per heavy atom. The summed E-state index contributed by atoms with van der Waals surface area (Å²) < 4.78 is 12.0. The molecule has 0 bridgehead atoms. The van der Waals surface area contributed by atoms with Crippen molar-refractivity contribution >= 4 is 27.8 Å². The van der Waals surface area contributed by atoms with Crippen LogP contribution in [0.2, 0.25) is 0 Å². The molecule has 24 heavy (non-hydrogen) atoms. The number of nitrogens with zero attached hydrogens (tertiary/aromatic N) is 1. The largest absolute Gasteiger partial charge is 0.486 e. The van der Waals surface area contributed by atoms with Gasteiger partial charge < -0.3 is 19.2 Å². The number of halogens is 1. The van der Waals surface area contributed by atoms with Crippen molar-refractivity contribution in [2.75, 3.05) is 13.6 Å². The highest BCUT2D eigenvalue weighted by atomic mass is 79.9. The lowest BCUT2D eigenvalue weighted by Crippen LogP contribution is -2.33. The Bertz CT molecular complexity index is 710. The van der Waals surface area contributed by atoms with Crippen LogP contribution in [0.4, 0.5) is 0 Å². The minimum Gasteiger partial charge on any atom is -0.486 e. The number of hydrogen-bond acceptors (Lipinski definition) is 4. The molecule has 0 spiro atoms. The maximum absolute atomic E-state index is 12.2. The minimum atomic E-state index is -0.947. The SMILES string of the molecule is CC(CN(C)C(=O)c1ccc(COc2ccc(Br)cc2)o1)C(=O)O. The number of carboxylic acid groups (broad SMARTS) is 1. The summed E-state index contributed by atoms with van der Waals surface area (Å²) in [5, 5.41) is 8.90. The van der Waals surface area contributed by atoms with Crippen molar-refractivity contribution in [1.29, 1.82) is 0 Å². The molecule has 0 saturated heterocycles. The predicted molar refractivity (Wildman–Crippen MR) is 90.9 cm³/mol. The second-order valence-electron chi connectivity index (χ2n) is 5.43. The lowest BCUT2D eigenvalue weighted by Gasteiger charge is -2.18. The zero-order chi connectivity index (χ0) is 17.7. The summed E-state index contributed by atoms with van der Waals surface area (Å²) in [5.74, 6) is -0.592. The van der Waals surface area contributed by atoms with Crippen LogP contribution in [0.1, 0.15) is 23.2 Å². The van der Waals surface area contributed by atoms with E-state index in [1.807, 2.05) is 24.3 Å². The van der Waals surface area contributed by atoms with Crippen LogP contribution in [-0.4, -0.2) is 35.5 Å². The van der Waals surface area contributed by atoms with Crippen LogP contribution >= 0.6 is 15.9 Å². The van der Waals surface area contributed by atoms with Crippen LogP contribution in [0.25, 0.3) is 0 Å². The van der Waals surface area contributed by atoms with Gasteiger partial charge in [0.15, 0.2) is 5.76 Å². The lowest BCUT2D eigenvalue weighted by atomic mass is 10.2. The van der Waals surface area contributed by atoms with Crippen LogP contribution in [0.3, 0.4) is 0 Å². The number of carbonyl (C=O) groups excluding carboxylic acids is 1. The number of ether oxygens (including phenoxy) is 1. The Hall–Kier alpha value is -2.28. The monoisotopic (exact) mass is 395 g/mol. The molecule has 2 aromatic rings. The highest BCUT2D eigenvalue weighted by Crippen LogP contribution is 2.18. The van der Waals surface area contributed by atoms with E-state index in [1.165, 1.54) is 4.90 Å². The fourth-order valence-corrected chi connectivity index (χ4v) is 2.28. The average molecular weight is 396 g/mol. The standard InChI is InChI=1S/C17H18BrNO5/c1-11(17(21)22)9-19(2)16(20)15-8-7-14(24-15)10-23-13-5-3-12(18)4-6-13/h3-8,11H,9-10H2,1-2H3,(H,21,22). The summed E-state index contributed by atoms with van der Waals surface area (Å²) in [7, 11) is 1.54. The molecule has 6 nitrogen and oxygen atoms in total. The molecule has 1 atom stereocenters. The van der Waals surface area contributed by atoms with E-state index in [1.54, 1.807) is 26.1 Å². The smallest absolute Gasteiger partial charge is 0.308 e. The minimum absolute atomic E-state index is 0.111. The predicted octanol–water partition coefficient (Wildman–Crippen LogP) is 3.41. The number of hydrogen-bond donors (Lipinski definition) is 1. The van der Waals surface area contributed by atoms with Crippen molar-refractivity contribution < 1.29 is 23.8 Å². The molecule has 0 radical (unpaired) electrons. The molecule has 7 heteroatoms. The molecular weight excluding hydrogens is 378 g/mol. The molecule has 1 unspecified atom stereocenters. The van der Waals surface area contributed by atoms with Crippen LogP contribution in [0.15, 0.2) is 45.3 Å². The van der Waals surface area contributed by atoms with E-state index >= 15 is 0 Å². The molecule has 0 aliphatic rings. The van der Waals surface area contributed by atoms with Crippen LogP contribution in [-0.2, 0) is 11.4 Å². The first-order valence-corrected chi connectivity index (χ1v) is 8.11. The van der Waals surface area contributed by atoms with Crippen molar-refractivity contribution in [2.24, 2.45) is 5.92 Å². The van der Waals surface area contributed by atoms with Gasteiger partial charge in [0.25, 0.3) is 5.91 Å². The lowest BCUT2D eigenvalue weighted by molar-refractivity contribution is -0.141. The molecule has 0 fully saturated rings. The van der Waals surface area contributed by atoms with Gasteiger partial charge in [0, 0.05) is 18.1 Å². The summed E-state index contributed by atoms with van der Waals surface area (Å²) in [6.07, 6.45) is 0. The Morgan fingerprint density at radius 3 is 2.54 bits per heavy atom. The van der Waals surface area contributed by atoms with Gasteiger partial charge in [-0.2, -0.15) is 0 Å². The third-order valence-electron chi connectivity index (χ3n) is 3.38. The molecule has 2 rings (SSSR count). The first-order valence-electron chi connectivity index (χ1n) is 7.32. The average Bonchev–Trinajstić information content (AvgIpc) is 3.02. The first kappa shape index (κ1) is 18.1. The van der Waals surface area contributed by atoms with Gasteiger partial charge in [-0.25, -0.2) is 0 Å². The topological polar surface area (TPSA) is 80.0 Å². The molecule has 1 aromatic carbocycles. The highest BCUT2D eigenvalue weighted by Gasteiger charge is 2.21. The van der Waals surface area contributed by atoms with E-state index in [2.05, 4.69) is 15.9 Å². The van der Waals surface area contributed by atoms with Gasteiger partial charge in [0.2, 0.25) is 0 Å². The third-order valence-corrected chi connectivity index (χ3v) is 3.91. The fraction of sp³-hybridized carbons (Fsp3) is 0.294. The molecule has 1 aromatic heterocycles. The van der Waals surface area contributed by atoms with Gasteiger partial charge in [-0.15, -0.1) is 0 Å². The van der Waals surface area contributed by atoms with E-state index < -0.39 is 11.9 Å². The van der Waals surface area contributed by atoms with Crippen LogP contribution in [0, 0.1) is 5.92 Å². The normalized spacial score (nSPS) is 11.8. The molecular formula is C17H18BrNO5. The van der Waals surface area contributed by atoms with Crippen molar-refractivity contribution in [3.05, 3.63) is 52.4 Å². The second kappa shape index (κ2) is 8.01. The van der Waals surface area contributed by atoms with Gasteiger partial charge in [0.05, 0.1) is 5.92 Å². The summed E-state index contributed by atoms with van der Waals surface area (Å²) in [4.78, 5) is 24.4.